The molecule has 1 aliphatic heterocycles. The molecule has 2 aromatic carbocycles. The van der Waals surface area contributed by atoms with Gasteiger partial charge in [0.2, 0.25) is 15.9 Å². The van der Waals surface area contributed by atoms with Gasteiger partial charge in [0.15, 0.2) is 0 Å². The average Bonchev–Trinajstić information content (AvgIpc) is 2.66. The molecule has 3 rings (SSSR count). The lowest BCUT2D eigenvalue weighted by atomic mass is 9.99. The van der Waals surface area contributed by atoms with Gasteiger partial charge in [-0.25, -0.2) is 13.1 Å². The van der Waals surface area contributed by atoms with Gasteiger partial charge in [-0.3, -0.25) is 4.79 Å². The van der Waals surface area contributed by atoms with Gasteiger partial charge in [-0.05, 0) is 61.7 Å². The van der Waals surface area contributed by atoms with Crippen molar-refractivity contribution in [2.75, 3.05) is 24.2 Å². The Morgan fingerprint density at radius 3 is 2.56 bits per heavy atom. The molecule has 1 amide bonds. The van der Waals surface area contributed by atoms with Crippen LogP contribution in [0.3, 0.4) is 0 Å². The minimum absolute atomic E-state index is 0. The largest absolute Gasteiger partial charge is 0.398 e. The van der Waals surface area contributed by atoms with E-state index in [1.807, 2.05) is 23.1 Å². The predicted octanol–water partition coefficient (Wildman–Crippen LogP) is 2.51. The number of benzene rings is 2. The van der Waals surface area contributed by atoms with E-state index < -0.39 is 10.0 Å². The molecule has 0 aliphatic carbocycles. The minimum atomic E-state index is -3.44. The van der Waals surface area contributed by atoms with Crippen LogP contribution in [-0.4, -0.2) is 27.9 Å². The average molecular weight is 410 g/mol. The number of amides is 1. The molecule has 0 fully saturated rings. The molecule has 1 aliphatic rings. The molecule has 3 N–H and O–H groups in total. The van der Waals surface area contributed by atoms with E-state index >= 15 is 0 Å². The molecule has 0 unspecified atom stereocenters. The Labute approximate surface area is 166 Å². The summed E-state index contributed by atoms with van der Waals surface area (Å²) in [5.41, 5.74) is 9.67. The van der Waals surface area contributed by atoms with Gasteiger partial charge in [0.05, 0.1) is 4.90 Å². The van der Waals surface area contributed by atoms with Crippen LogP contribution in [0, 0.1) is 0 Å². The van der Waals surface area contributed by atoms with Gasteiger partial charge < -0.3 is 10.6 Å². The van der Waals surface area contributed by atoms with E-state index in [0.717, 1.165) is 35.3 Å². The second kappa shape index (κ2) is 8.73. The highest BCUT2D eigenvalue weighted by atomic mass is 35.5. The molecule has 0 saturated carbocycles. The fourth-order valence-electron chi connectivity index (χ4n) is 3.25. The number of carbonyl (C=O) groups is 1. The molecule has 0 atom stereocenters. The zero-order valence-electron chi connectivity index (χ0n) is 15.1. The van der Waals surface area contributed by atoms with Gasteiger partial charge in [-0.2, -0.15) is 0 Å². The second-order valence-corrected chi connectivity index (χ2v) is 8.23. The number of carbonyl (C=O) groups excluding carboxylic acids is 1. The SMILES string of the molecule is CNS(=O)(=O)c1ccc(CCC(=O)N2CCCc3c(N)cccc32)cc1.Cl. The lowest BCUT2D eigenvalue weighted by molar-refractivity contribution is -0.118. The molecule has 0 spiro atoms. The number of rotatable bonds is 5. The summed E-state index contributed by atoms with van der Waals surface area (Å²) in [4.78, 5) is 14.7. The number of halogens is 1. The molecule has 8 heteroatoms. The predicted molar refractivity (Wildman–Crippen MR) is 110 cm³/mol. The third-order valence-electron chi connectivity index (χ3n) is 4.72. The van der Waals surface area contributed by atoms with Crippen molar-refractivity contribution in [2.45, 2.75) is 30.6 Å². The topological polar surface area (TPSA) is 92.5 Å². The highest BCUT2D eigenvalue weighted by Crippen LogP contribution is 2.31. The Bertz CT molecular complexity index is 914. The number of anilines is 2. The number of hydrogen-bond acceptors (Lipinski definition) is 4. The standard InChI is InChI=1S/C19H23N3O3S.ClH/c1-21-26(24,25)15-10-7-14(8-11-15)9-12-19(23)22-13-3-4-16-17(20)5-2-6-18(16)22;/h2,5-8,10-11,21H,3-4,9,12-13,20H2,1H3;1H. The van der Waals surface area contributed by atoms with Crippen LogP contribution in [0.25, 0.3) is 0 Å². The first-order chi connectivity index (χ1) is 12.4. The Morgan fingerprint density at radius 1 is 1.19 bits per heavy atom. The van der Waals surface area contributed by atoms with E-state index in [0.29, 0.717) is 19.4 Å². The first-order valence-corrected chi connectivity index (χ1v) is 10.1. The number of nitrogen functional groups attached to an aromatic ring is 1. The summed E-state index contributed by atoms with van der Waals surface area (Å²) in [6.45, 7) is 0.703. The number of sulfonamides is 1. The molecule has 1 heterocycles. The van der Waals surface area contributed by atoms with Crippen LogP contribution < -0.4 is 15.4 Å². The molecule has 0 radical (unpaired) electrons. The third kappa shape index (κ3) is 4.61. The minimum Gasteiger partial charge on any atom is -0.398 e. The van der Waals surface area contributed by atoms with E-state index in [1.54, 1.807) is 24.3 Å². The van der Waals surface area contributed by atoms with E-state index in [2.05, 4.69) is 4.72 Å². The van der Waals surface area contributed by atoms with E-state index in [1.165, 1.54) is 7.05 Å². The van der Waals surface area contributed by atoms with Crippen LogP contribution in [0.15, 0.2) is 47.4 Å². The lowest BCUT2D eigenvalue weighted by Gasteiger charge is -2.30. The summed E-state index contributed by atoms with van der Waals surface area (Å²) < 4.78 is 25.8. The fraction of sp³-hybridized carbons (Fsp3) is 0.316. The molecule has 146 valence electrons. The zero-order valence-corrected chi connectivity index (χ0v) is 16.8. The lowest BCUT2D eigenvalue weighted by Crippen LogP contribution is -2.35. The molecule has 2 aromatic rings. The van der Waals surface area contributed by atoms with Crippen molar-refractivity contribution in [3.8, 4) is 0 Å². The molecule has 27 heavy (non-hydrogen) atoms. The Hall–Kier alpha value is -2.09. The Morgan fingerprint density at radius 2 is 1.89 bits per heavy atom. The highest BCUT2D eigenvalue weighted by molar-refractivity contribution is 7.89. The van der Waals surface area contributed by atoms with Crippen LogP contribution in [0.2, 0.25) is 0 Å². The summed E-state index contributed by atoms with van der Waals surface area (Å²) in [6.07, 6.45) is 2.73. The van der Waals surface area contributed by atoms with Gasteiger partial charge in [-0.15, -0.1) is 12.4 Å². The number of fused-ring (bicyclic) bond motifs is 1. The molecule has 6 nitrogen and oxygen atoms in total. The first-order valence-electron chi connectivity index (χ1n) is 8.62. The van der Waals surface area contributed by atoms with Crippen LogP contribution in [0.5, 0.6) is 0 Å². The molecule has 0 bridgehead atoms. The van der Waals surface area contributed by atoms with Crippen molar-refractivity contribution < 1.29 is 13.2 Å². The number of hydrogen-bond donors (Lipinski definition) is 2. The molecule has 0 aromatic heterocycles. The van der Waals surface area contributed by atoms with Crippen LogP contribution in [0.1, 0.15) is 24.0 Å². The van der Waals surface area contributed by atoms with Gasteiger partial charge in [0, 0.05) is 24.3 Å². The summed E-state index contributed by atoms with van der Waals surface area (Å²) in [7, 11) is -2.06. The zero-order chi connectivity index (χ0) is 18.7. The Balaban J connectivity index is 0.00000261. The van der Waals surface area contributed by atoms with Crippen molar-refractivity contribution in [1.82, 2.24) is 4.72 Å². The number of nitrogens with zero attached hydrogens (tertiary/aromatic N) is 1. The summed E-state index contributed by atoms with van der Waals surface area (Å²) in [5, 5.41) is 0. The maximum atomic E-state index is 12.7. The number of nitrogens with one attached hydrogen (secondary N) is 1. The van der Waals surface area contributed by atoms with Crippen LogP contribution >= 0.6 is 12.4 Å². The first kappa shape index (κ1) is 21.2. The van der Waals surface area contributed by atoms with Crippen molar-refractivity contribution in [3.05, 3.63) is 53.6 Å². The van der Waals surface area contributed by atoms with E-state index in [4.69, 9.17) is 5.73 Å². The molecular weight excluding hydrogens is 386 g/mol. The smallest absolute Gasteiger partial charge is 0.240 e. The monoisotopic (exact) mass is 409 g/mol. The highest BCUT2D eigenvalue weighted by Gasteiger charge is 2.23. The summed E-state index contributed by atoms with van der Waals surface area (Å²) in [6, 6.07) is 12.3. The van der Waals surface area contributed by atoms with Gasteiger partial charge in [0.1, 0.15) is 0 Å². The number of nitrogens with two attached hydrogens (primary N) is 1. The van der Waals surface area contributed by atoms with Crippen molar-refractivity contribution >= 4 is 39.7 Å². The maximum Gasteiger partial charge on any atom is 0.240 e. The quantitative estimate of drug-likeness (QED) is 0.742. The van der Waals surface area contributed by atoms with Crippen molar-refractivity contribution in [1.29, 1.82) is 0 Å². The third-order valence-corrected chi connectivity index (χ3v) is 6.15. The fourth-order valence-corrected chi connectivity index (χ4v) is 3.98. The maximum absolute atomic E-state index is 12.7. The Kier molecular flexibility index (Phi) is 6.86. The second-order valence-electron chi connectivity index (χ2n) is 6.35. The van der Waals surface area contributed by atoms with Gasteiger partial charge in [0.25, 0.3) is 0 Å². The normalized spacial score (nSPS) is 13.6. The van der Waals surface area contributed by atoms with E-state index in [9.17, 15) is 13.2 Å². The summed E-state index contributed by atoms with van der Waals surface area (Å²) in [5.74, 6) is 0.0588. The van der Waals surface area contributed by atoms with Crippen molar-refractivity contribution in [3.63, 3.8) is 0 Å². The molecule has 0 saturated heterocycles. The molecular formula is C19H24ClN3O3S. The number of aryl methyl sites for hydroxylation is 1. The van der Waals surface area contributed by atoms with Gasteiger partial charge >= 0.3 is 0 Å². The van der Waals surface area contributed by atoms with Gasteiger partial charge in [-0.1, -0.05) is 18.2 Å². The van der Waals surface area contributed by atoms with Crippen LogP contribution in [-0.2, 0) is 27.7 Å². The van der Waals surface area contributed by atoms with Crippen molar-refractivity contribution in [2.24, 2.45) is 0 Å². The van der Waals surface area contributed by atoms with Crippen LogP contribution in [0.4, 0.5) is 11.4 Å². The summed E-state index contributed by atoms with van der Waals surface area (Å²) >= 11 is 0. The van der Waals surface area contributed by atoms with E-state index in [-0.39, 0.29) is 23.2 Å².